The average Bonchev–Trinajstić information content (AvgIpc) is 3.21. The first-order valence-electron chi connectivity index (χ1n) is 17.7. The van der Waals surface area contributed by atoms with E-state index in [0.717, 1.165) is 47.8 Å². The molecule has 0 aliphatic carbocycles. The summed E-state index contributed by atoms with van der Waals surface area (Å²) in [6, 6.07) is 30.6. The summed E-state index contributed by atoms with van der Waals surface area (Å²) in [6.07, 6.45) is 3.93. The second-order valence-corrected chi connectivity index (χ2v) is 12.6. The van der Waals surface area contributed by atoms with Crippen LogP contribution in [0.1, 0.15) is 62.2 Å². The van der Waals surface area contributed by atoms with E-state index in [1.165, 1.54) is 39.0 Å². The number of hydrogen-bond donors (Lipinski definition) is 1. The second kappa shape index (κ2) is 21.2. The summed E-state index contributed by atoms with van der Waals surface area (Å²) in [4.78, 5) is 39.6. The first-order valence-corrected chi connectivity index (χ1v) is 17.7. The van der Waals surface area contributed by atoms with Gasteiger partial charge in [0.15, 0.2) is 0 Å². The number of methoxy groups -OCH3 is 2. The van der Waals surface area contributed by atoms with Crippen molar-refractivity contribution < 1.29 is 33.3 Å². The molecule has 2 heterocycles. The number of ether oxygens (including phenoxy) is 4. The third kappa shape index (κ3) is 12.9. The fourth-order valence-electron chi connectivity index (χ4n) is 5.41. The number of urea groups is 1. The van der Waals surface area contributed by atoms with Gasteiger partial charge in [0.1, 0.15) is 0 Å². The summed E-state index contributed by atoms with van der Waals surface area (Å²) < 4.78 is 19.8. The lowest BCUT2D eigenvalue weighted by atomic mass is 10.1. The standard InChI is InChI=1S/C21H24N2O4.C16H17NO2.C5H10O/c1-16-3-9-19(10-4-16)23(21(25)22-11-13-27-14-12-22)15-17-5-7-18(8-6-17)20(24)26-2;1-12-3-9-15(10-4-12)17-11-13-5-7-14(8-6-13)16(18)19-2;1-2-4-6-5-3-1/h3-10H,11-15H2,1-2H3;3-10,17H,11H2,1-2H3;1-5H2. The van der Waals surface area contributed by atoms with E-state index in [1.807, 2.05) is 60.4 Å². The number of esters is 2. The molecule has 10 nitrogen and oxygen atoms in total. The van der Waals surface area contributed by atoms with Gasteiger partial charge in [-0.25, -0.2) is 14.4 Å². The Kier molecular flexibility index (Phi) is 16.2. The fraction of sp³-hybridized carbons (Fsp3) is 0.357. The number of nitrogens with zero attached hydrogens (tertiary/aromatic N) is 2. The molecular weight excluding hydrogens is 658 g/mol. The molecule has 276 valence electrons. The van der Waals surface area contributed by atoms with Crippen LogP contribution in [0.4, 0.5) is 16.2 Å². The van der Waals surface area contributed by atoms with Crippen LogP contribution in [0.15, 0.2) is 97.1 Å². The first-order chi connectivity index (χ1) is 25.3. The molecule has 2 aliphatic heterocycles. The van der Waals surface area contributed by atoms with E-state index in [1.54, 1.807) is 29.2 Å². The lowest BCUT2D eigenvalue weighted by Gasteiger charge is -2.33. The van der Waals surface area contributed by atoms with Crippen molar-refractivity contribution in [2.45, 2.75) is 46.2 Å². The molecule has 0 spiro atoms. The molecule has 10 heteroatoms. The van der Waals surface area contributed by atoms with E-state index in [0.29, 0.717) is 44.0 Å². The molecule has 0 radical (unpaired) electrons. The normalized spacial score (nSPS) is 13.7. The molecule has 6 rings (SSSR count). The van der Waals surface area contributed by atoms with Crippen molar-refractivity contribution in [3.05, 3.63) is 130 Å². The molecule has 2 saturated heterocycles. The van der Waals surface area contributed by atoms with E-state index in [9.17, 15) is 14.4 Å². The molecule has 4 aromatic rings. The summed E-state index contributed by atoms with van der Waals surface area (Å²) in [7, 11) is 2.74. The predicted octanol–water partition coefficient (Wildman–Crippen LogP) is 7.82. The van der Waals surface area contributed by atoms with Crippen molar-refractivity contribution in [2.24, 2.45) is 0 Å². The van der Waals surface area contributed by atoms with Crippen molar-refractivity contribution in [1.29, 1.82) is 0 Å². The zero-order valence-electron chi connectivity index (χ0n) is 30.8. The van der Waals surface area contributed by atoms with E-state index in [-0.39, 0.29) is 18.0 Å². The number of carbonyl (C=O) groups excluding carboxylic acids is 3. The van der Waals surface area contributed by atoms with Gasteiger partial charge in [-0.3, -0.25) is 4.90 Å². The lowest BCUT2D eigenvalue weighted by molar-refractivity contribution is 0.0548. The third-order valence-electron chi connectivity index (χ3n) is 8.57. The zero-order chi connectivity index (χ0) is 37.1. The lowest BCUT2D eigenvalue weighted by Crippen LogP contribution is -2.48. The Bertz CT molecular complexity index is 1650. The smallest absolute Gasteiger partial charge is 0.337 e. The summed E-state index contributed by atoms with van der Waals surface area (Å²) in [6.45, 7) is 9.51. The number of nitrogens with one attached hydrogen (secondary N) is 1. The molecule has 52 heavy (non-hydrogen) atoms. The van der Waals surface area contributed by atoms with Gasteiger partial charge in [-0.15, -0.1) is 0 Å². The van der Waals surface area contributed by atoms with Gasteiger partial charge in [-0.2, -0.15) is 0 Å². The van der Waals surface area contributed by atoms with Crippen LogP contribution in [0.3, 0.4) is 0 Å². The van der Waals surface area contributed by atoms with Crippen LogP contribution in [0.2, 0.25) is 0 Å². The summed E-state index contributed by atoms with van der Waals surface area (Å²) >= 11 is 0. The minimum atomic E-state index is -0.374. The number of carbonyl (C=O) groups is 3. The highest BCUT2D eigenvalue weighted by Crippen LogP contribution is 2.21. The molecule has 0 saturated carbocycles. The molecular formula is C42H51N3O7. The summed E-state index contributed by atoms with van der Waals surface area (Å²) in [5.41, 5.74) is 7.42. The van der Waals surface area contributed by atoms with Gasteiger partial charge in [-0.1, -0.05) is 59.7 Å². The molecule has 0 unspecified atom stereocenters. The van der Waals surface area contributed by atoms with Crippen LogP contribution < -0.4 is 10.2 Å². The van der Waals surface area contributed by atoms with E-state index in [2.05, 4.69) is 41.2 Å². The van der Waals surface area contributed by atoms with E-state index >= 15 is 0 Å². The Morgan fingerprint density at radius 2 is 1.12 bits per heavy atom. The van der Waals surface area contributed by atoms with Gasteiger partial charge in [-0.05, 0) is 92.8 Å². The van der Waals surface area contributed by atoms with Crippen molar-refractivity contribution in [3.63, 3.8) is 0 Å². The molecule has 2 fully saturated rings. The number of benzene rings is 4. The van der Waals surface area contributed by atoms with Crippen molar-refractivity contribution >= 4 is 29.3 Å². The van der Waals surface area contributed by atoms with Crippen molar-refractivity contribution in [2.75, 3.05) is 64.0 Å². The number of amides is 2. The predicted molar refractivity (Wildman–Crippen MR) is 204 cm³/mol. The maximum absolute atomic E-state index is 13.1. The Morgan fingerprint density at radius 3 is 1.58 bits per heavy atom. The minimum absolute atomic E-state index is 0.0424. The third-order valence-corrected chi connectivity index (χ3v) is 8.57. The Hall–Kier alpha value is -5.19. The molecule has 2 amide bonds. The number of rotatable bonds is 8. The van der Waals surface area contributed by atoms with Gasteiger partial charge in [0.25, 0.3) is 0 Å². The van der Waals surface area contributed by atoms with E-state index < -0.39 is 0 Å². The SMILES string of the molecule is C1CCOCC1.COC(=O)c1ccc(CN(C(=O)N2CCOCC2)c2ccc(C)cc2)cc1.COC(=O)c1ccc(CNc2ccc(C)cc2)cc1. The number of anilines is 2. The highest BCUT2D eigenvalue weighted by Gasteiger charge is 2.24. The van der Waals surface area contributed by atoms with Crippen molar-refractivity contribution in [3.8, 4) is 0 Å². The molecule has 0 aromatic heterocycles. The summed E-state index contributed by atoms with van der Waals surface area (Å²) in [5.74, 6) is -0.681. The first kappa shape index (κ1) is 39.6. The van der Waals surface area contributed by atoms with Gasteiger partial charge >= 0.3 is 18.0 Å². The van der Waals surface area contributed by atoms with Gasteiger partial charge < -0.3 is 29.2 Å². The van der Waals surface area contributed by atoms with Gasteiger partial charge in [0, 0.05) is 44.2 Å². The maximum Gasteiger partial charge on any atom is 0.337 e. The van der Waals surface area contributed by atoms with Gasteiger partial charge in [0.05, 0.1) is 45.1 Å². The number of morpholine rings is 1. The van der Waals surface area contributed by atoms with Crippen LogP contribution in [0.25, 0.3) is 0 Å². The number of hydrogen-bond acceptors (Lipinski definition) is 8. The van der Waals surface area contributed by atoms with Crippen LogP contribution in [0, 0.1) is 13.8 Å². The molecule has 1 N–H and O–H groups in total. The quantitative estimate of drug-likeness (QED) is 0.185. The number of aryl methyl sites for hydroxylation is 2. The molecule has 4 aromatic carbocycles. The Morgan fingerprint density at radius 1 is 0.635 bits per heavy atom. The van der Waals surface area contributed by atoms with Crippen LogP contribution in [-0.4, -0.2) is 76.6 Å². The largest absolute Gasteiger partial charge is 0.465 e. The second-order valence-electron chi connectivity index (χ2n) is 12.6. The van der Waals surface area contributed by atoms with Crippen LogP contribution in [0.5, 0.6) is 0 Å². The highest BCUT2D eigenvalue weighted by atomic mass is 16.5. The maximum atomic E-state index is 13.1. The molecule has 2 aliphatic rings. The Labute approximate surface area is 307 Å². The Balaban J connectivity index is 0.000000209. The summed E-state index contributed by atoms with van der Waals surface area (Å²) in [5, 5.41) is 3.33. The zero-order valence-corrected chi connectivity index (χ0v) is 30.8. The fourth-order valence-corrected chi connectivity index (χ4v) is 5.41. The van der Waals surface area contributed by atoms with E-state index in [4.69, 9.17) is 14.2 Å². The topological polar surface area (TPSA) is 107 Å². The van der Waals surface area contributed by atoms with Crippen molar-refractivity contribution in [1.82, 2.24) is 4.90 Å². The minimum Gasteiger partial charge on any atom is -0.465 e. The van der Waals surface area contributed by atoms with Gasteiger partial charge in [0.2, 0.25) is 0 Å². The van der Waals surface area contributed by atoms with Crippen LogP contribution >= 0.6 is 0 Å². The highest BCUT2D eigenvalue weighted by molar-refractivity contribution is 5.92. The molecule has 0 bridgehead atoms. The molecule has 0 atom stereocenters. The van der Waals surface area contributed by atoms with Crippen LogP contribution in [-0.2, 0) is 32.0 Å². The average molecular weight is 710 g/mol. The monoisotopic (exact) mass is 709 g/mol.